The molecule has 1 rings (SSSR count). The van der Waals surface area contributed by atoms with Crippen LogP contribution in [0.5, 0.6) is 0 Å². The minimum absolute atomic E-state index is 0.000348. The van der Waals surface area contributed by atoms with Gasteiger partial charge < -0.3 is 10.4 Å². The summed E-state index contributed by atoms with van der Waals surface area (Å²) >= 11 is 0. The van der Waals surface area contributed by atoms with Crippen LogP contribution >= 0.6 is 0 Å². The predicted octanol–water partition coefficient (Wildman–Crippen LogP) is 2.12. The SMILES string of the molecule is CCCC(CCC)C(=O)Nc1ccn(CC(=O)O)n1. The highest BCUT2D eigenvalue weighted by Crippen LogP contribution is 2.16. The number of carbonyl (C=O) groups is 2. The van der Waals surface area contributed by atoms with Crippen LogP contribution in [0.1, 0.15) is 39.5 Å². The largest absolute Gasteiger partial charge is 0.480 e. The number of nitrogens with zero attached hydrogens (tertiary/aromatic N) is 2. The Balaban J connectivity index is 2.59. The Bertz CT molecular complexity index is 423. The summed E-state index contributed by atoms with van der Waals surface area (Å²) in [6.07, 6.45) is 5.18. The van der Waals surface area contributed by atoms with Crippen LogP contribution in [0.2, 0.25) is 0 Å². The van der Waals surface area contributed by atoms with Crippen molar-refractivity contribution < 1.29 is 14.7 Å². The second kappa shape index (κ2) is 7.56. The first-order chi connectivity index (χ1) is 9.06. The summed E-state index contributed by atoms with van der Waals surface area (Å²) in [7, 11) is 0. The molecule has 0 aliphatic rings. The second-order valence-electron chi connectivity index (χ2n) is 4.56. The van der Waals surface area contributed by atoms with E-state index in [9.17, 15) is 9.59 Å². The van der Waals surface area contributed by atoms with Gasteiger partial charge in [0.15, 0.2) is 5.82 Å². The number of nitrogens with one attached hydrogen (secondary N) is 1. The molecule has 0 atom stereocenters. The van der Waals surface area contributed by atoms with Crippen LogP contribution in [0.3, 0.4) is 0 Å². The number of carboxylic acid groups (broad SMARTS) is 1. The van der Waals surface area contributed by atoms with E-state index >= 15 is 0 Å². The Morgan fingerprint density at radius 2 is 2.00 bits per heavy atom. The minimum atomic E-state index is -0.962. The van der Waals surface area contributed by atoms with Crippen molar-refractivity contribution in [2.75, 3.05) is 5.32 Å². The highest BCUT2D eigenvalue weighted by Gasteiger charge is 2.17. The zero-order valence-electron chi connectivity index (χ0n) is 11.4. The lowest BCUT2D eigenvalue weighted by atomic mass is 9.97. The fourth-order valence-corrected chi connectivity index (χ4v) is 1.99. The summed E-state index contributed by atoms with van der Waals surface area (Å²) in [5.41, 5.74) is 0. The van der Waals surface area contributed by atoms with Crippen molar-refractivity contribution in [1.29, 1.82) is 0 Å². The average molecular weight is 267 g/mol. The highest BCUT2D eigenvalue weighted by atomic mass is 16.4. The van der Waals surface area contributed by atoms with Crippen molar-refractivity contribution in [2.24, 2.45) is 5.92 Å². The zero-order valence-corrected chi connectivity index (χ0v) is 11.4. The number of carboxylic acids is 1. The maximum atomic E-state index is 12.0. The van der Waals surface area contributed by atoms with Gasteiger partial charge in [-0.15, -0.1) is 0 Å². The van der Waals surface area contributed by atoms with E-state index < -0.39 is 5.97 Å². The molecule has 1 heterocycles. The lowest BCUT2D eigenvalue weighted by molar-refractivity contribution is -0.137. The lowest BCUT2D eigenvalue weighted by Gasteiger charge is -2.13. The van der Waals surface area contributed by atoms with Gasteiger partial charge in [0.1, 0.15) is 6.54 Å². The number of aliphatic carboxylic acids is 1. The number of anilines is 1. The molecule has 0 saturated carbocycles. The van der Waals surface area contributed by atoms with Gasteiger partial charge in [0.2, 0.25) is 5.91 Å². The monoisotopic (exact) mass is 267 g/mol. The van der Waals surface area contributed by atoms with Gasteiger partial charge >= 0.3 is 5.97 Å². The van der Waals surface area contributed by atoms with Gasteiger partial charge in [-0.25, -0.2) is 0 Å². The lowest BCUT2D eigenvalue weighted by Crippen LogP contribution is -2.23. The molecule has 0 aliphatic heterocycles. The van der Waals surface area contributed by atoms with E-state index in [-0.39, 0.29) is 18.4 Å². The molecule has 0 saturated heterocycles. The molecule has 1 aromatic heterocycles. The molecule has 0 radical (unpaired) electrons. The van der Waals surface area contributed by atoms with E-state index in [2.05, 4.69) is 24.3 Å². The number of aromatic nitrogens is 2. The van der Waals surface area contributed by atoms with Crippen molar-refractivity contribution >= 4 is 17.7 Å². The van der Waals surface area contributed by atoms with Gasteiger partial charge in [-0.05, 0) is 12.8 Å². The Morgan fingerprint density at radius 3 is 2.53 bits per heavy atom. The third-order valence-electron chi connectivity index (χ3n) is 2.83. The van der Waals surface area contributed by atoms with Crippen molar-refractivity contribution in [1.82, 2.24) is 9.78 Å². The van der Waals surface area contributed by atoms with Crippen LogP contribution in [0.25, 0.3) is 0 Å². The van der Waals surface area contributed by atoms with Crippen LogP contribution in [-0.4, -0.2) is 26.8 Å². The molecule has 6 heteroatoms. The zero-order chi connectivity index (χ0) is 14.3. The molecule has 19 heavy (non-hydrogen) atoms. The predicted molar refractivity (Wildman–Crippen MR) is 71.8 cm³/mol. The summed E-state index contributed by atoms with van der Waals surface area (Å²) in [5, 5.41) is 15.4. The van der Waals surface area contributed by atoms with Crippen molar-refractivity contribution in [3.63, 3.8) is 0 Å². The Hall–Kier alpha value is -1.85. The highest BCUT2D eigenvalue weighted by molar-refractivity contribution is 5.91. The smallest absolute Gasteiger partial charge is 0.325 e. The van der Waals surface area contributed by atoms with Crippen LogP contribution in [0, 0.1) is 5.92 Å². The molecular formula is C13H21N3O3. The molecule has 1 amide bonds. The van der Waals surface area contributed by atoms with Crippen molar-refractivity contribution in [3.05, 3.63) is 12.3 Å². The third-order valence-corrected chi connectivity index (χ3v) is 2.83. The van der Waals surface area contributed by atoms with Gasteiger partial charge in [-0.3, -0.25) is 14.3 Å². The normalized spacial score (nSPS) is 10.7. The summed E-state index contributed by atoms with van der Waals surface area (Å²) < 4.78 is 1.28. The second-order valence-corrected chi connectivity index (χ2v) is 4.56. The Morgan fingerprint density at radius 1 is 1.37 bits per heavy atom. The van der Waals surface area contributed by atoms with Gasteiger partial charge in [-0.2, -0.15) is 5.10 Å². The standard InChI is InChI=1S/C13H21N3O3/c1-3-5-10(6-4-2)13(19)14-11-7-8-16(15-11)9-12(17)18/h7-8,10H,3-6,9H2,1-2H3,(H,17,18)(H,14,15,19). The fraction of sp³-hybridized carbons (Fsp3) is 0.615. The number of amides is 1. The summed E-state index contributed by atoms with van der Waals surface area (Å²) in [6, 6.07) is 1.61. The van der Waals surface area contributed by atoms with E-state index in [4.69, 9.17) is 5.11 Å². The van der Waals surface area contributed by atoms with E-state index in [1.54, 1.807) is 12.3 Å². The van der Waals surface area contributed by atoms with E-state index in [1.807, 2.05) is 0 Å². The maximum absolute atomic E-state index is 12.0. The number of carbonyl (C=O) groups excluding carboxylic acids is 1. The summed E-state index contributed by atoms with van der Waals surface area (Å²) in [5.74, 6) is -0.594. The first kappa shape index (κ1) is 15.2. The van der Waals surface area contributed by atoms with E-state index in [0.29, 0.717) is 5.82 Å². The van der Waals surface area contributed by atoms with Crippen LogP contribution in [0.4, 0.5) is 5.82 Å². The van der Waals surface area contributed by atoms with Gasteiger partial charge in [0.05, 0.1) is 0 Å². The van der Waals surface area contributed by atoms with Crippen LogP contribution in [-0.2, 0) is 16.1 Å². The van der Waals surface area contributed by atoms with Crippen LogP contribution in [0.15, 0.2) is 12.3 Å². The molecule has 0 spiro atoms. The molecule has 0 unspecified atom stereocenters. The number of hydrogen-bond acceptors (Lipinski definition) is 3. The summed E-state index contributed by atoms with van der Waals surface area (Å²) in [6.45, 7) is 3.90. The molecule has 0 bridgehead atoms. The van der Waals surface area contributed by atoms with Gasteiger partial charge in [-0.1, -0.05) is 26.7 Å². The molecule has 0 aromatic carbocycles. The maximum Gasteiger partial charge on any atom is 0.325 e. The van der Waals surface area contributed by atoms with Crippen molar-refractivity contribution in [3.8, 4) is 0 Å². The molecule has 1 aromatic rings. The first-order valence-corrected chi connectivity index (χ1v) is 6.62. The minimum Gasteiger partial charge on any atom is -0.480 e. The Kier molecular flexibility index (Phi) is 6.05. The van der Waals surface area contributed by atoms with E-state index in [1.165, 1.54) is 4.68 Å². The molecule has 106 valence electrons. The third kappa shape index (κ3) is 5.11. The van der Waals surface area contributed by atoms with E-state index in [0.717, 1.165) is 25.7 Å². The molecular weight excluding hydrogens is 246 g/mol. The Labute approximate surface area is 112 Å². The molecule has 6 nitrogen and oxygen atoms in total. The first-order valence-electron chi connectivity index (χ1n) is 6.62. The fourth-order valence-electron chi connectivity index (χ4n) is 1.99. The van der Waals surface area contributed by atoms with Gasteiger partial charge in [0.25, 0.3) is 0 Å². The molecule has 2 N–H and O–H groups in total. The molecule has 0 aliphatic carbocycles. The average Bonchev–Trinajstić information content (AvgIpc) is 2.75. The number of hydrogen-bond donors (Lipinski definition) is 2. The van der Waals surface area contributed by atoms with Crippen molar-refractivity contribution in [2.45, 2.75) is 46.1 Å². The molecule has 0 fully saturated rings. The van der Waals surface area contributed by atoms with Gasteiger partial charge in [0, 0.05) is 18.2 Å². The topological polar surface area (TPSA) is 84.2 Å². The summed E-state index contributed by atoms with van der Waals surface area (Å²) in [4.78, 5) is 22.6. The number of rotatable bonds is 8. The quantitative estimate of drug-likeness (QED) is 0.755. The van der Waals surface area contributed by atoms with Crippen LogP contribution < -0.4 is 5.32 Å².